The van der Waals surface area contributed by atoms with Gasteiger partial charge in [0.2, 0.25) is 0 Å². The van der Waals surface area contributed by atoms with Crippen molar-refractivity contribution in [3.05, 3.63) is 41.9 Å². The van der Waals surface area contributed by atoms with Gasteiger partial charge in [0.05, 0.1) is 0 Å². The first-order valence-corrected chi connectivity index (χ1v) is 4.96. The Hall–Kier alpha value is -2.17. The van der Waals surface area contributed by atoms with Crippen molar-refractivity contribution >= 4 is 5.97 Å². The van der Waals surface area contributed by atoms with E-state index < -0.39 is 5.97 Å². The number of carboxylic acid groups (broad SMARTS) is 1. The Morgan fingerprint density at radius 1 is 1.44 bits per heavy atom. The topological polar surface area (TPSA) is 68.0 Å². The number of carbonyl (C=O) groups is 1. The summed E-state index contributed by atoms with van der Waals surface area (Å²) in [5.74, 6) is -0.506. The summed E-state index contributed by atoms with van der Waals surface area (Å²) < 4.78 is 1.65. The lowest BCUT2D eigenvalue weighted by atomic mass is 10.3. The highest BCUT2D eigenvalue weighted by atomic mass is 16.4. The Balaban J connectivity index is 2.48. The zero-order chi connectivity index (χ0) is 11.5. The fraction of sp³-hybridized carbons (Fsp3) is 0.182. The van der Waals surface area contributed by atoms with Crippen LogP contribution < -0.4 is 0 Å². The van der Waals surface area contributed by atoms with Crippen LogP contribution >= 0.6 is 0 Å². The molecule has 5 nitrogen and oxygen atoms in total. The number of pyridine rings is 1. The van der Waals surface area contributed by atoms with E-state index in [0.717, 1.165) is 12.1 Å². The van der Waals surface area contributed by atoms with E-state index in [9.17, 15) is 4.79 Å². The van der Waals surface area contributed by atoms with Gasteiger partial charge in [-0.05, 0) is 24.6 Å². The van der Waals surface area contributed by atoms with Crippen LogP contribution in [0.1, 0.15) is 23.1 Å². The highest BCUT2D eigenvalue weighted by molar-refractivity contribution is 5.85. The van der Waals surface area contributed by atoms with Gasteiger partial charge < -0.3 is 5.11 Å². The molecule has 0 amide bonds. The predicted octanol–water partition coefficient (Wildman–Crippen LogP) is 1.53. The molecule has 0 aliphatic heterocycles. The molecule has 0 aliphatic rings. The Morgan fingerprint density at radius 3 is 2.94 bits per heavy atom. The van der Waals surface area contributed by atoms with Gasteiger partial charge >= 0.3 is 5.97 Å². The molecule has 0 saturated carbocycles. The summed E-state index contributed by atoms with van der Waals surface area (Å²) in [7, 11) is 0. The first-order valence-electron chi connectivity index (χ1n) is 4.96. The summed E-state index contributed by atoms with van der Waals surface area (Å²) in [5, 5.41) is 13.0. The highest BCUT2D eigenvalue weighted by Gasteiger charge is 2.08. The number of hydrogen-bond donors (Lipinski definition) is 1. The number of aromatic nitrogens is 3. The van der Waals surface area contributed by atoms with E-state index in [1.165, 1.54) is 6.07 Å². The van der Waals surface area contributed by atoms with E-state index in [2.05, 4.69) is 10.1 Å². The molecular formula is C11H11N3O2. The molecule has 0 fully saturated rings. The van der Waals surface area contributed by atoms with Crippen LogP contribution in [-0.2, 0) is 6.42 Å². The molecule has 82 valence electrons. The molecule has 0 saturated heterocycles. The van der Waals surface area contributed by atoms with Gasteiger partial charge in [-0.15, -0.1) is 0 Å². The molecule has 0 unspecified atom stereocenters. The van der Waals surface area contributed by atoms with Crippen LogP contribution in [-0.4, -0.2) is 25.8 Å². The van der Waals surface area contributed by atoms with Crippen LogP contribution in [0.5, 0.6) is 0 Å². The molecule has 0 bridgehead atoms. The molecule has 2 aromatic heterocycles. The minimum atomic E-state index is -1.04. The number of carboxylic acids is 1. The SMILES string of the molecule is CCc1ccnn1-c1cccc(C(=O)O)n1. The van der Waals surface area contributed by atoms with E-state index in [0.29, 0.717) is 5.82 Å². The number of aryl methyl sites for hydroxylation is 1. The third-order valence-electron chi connectivity index (χ3n) is 2.25. The molecule has 0 radical (unpaired) electrons. The van der Waals surface area contributed by atoms with Crippen molar-refractivity contribution in [2.45, 2.75) is 13.3 Å². The summed E-state index contributed by atoms with van der Waals surface area (Å²) in [6.07, 6.45) is 2.49. The zero-order valence-electron chi connectivity index (χ0n) is 8.79. The first-order chi connectivity index (χ1) is 7.72. The molecule has 0 aromatic carbocycles. The highest BCUT2D eigenvalue weighted by Crippen LogP contribution is 2.09. The Morgan fingerprint density at radius 2 is 2.25 bits per heavy atom. The molecule has 0 spiro atoms. The molecule has 2 aromatic rings. The molecular weight excluding hydrogens is 206 g/mol. The summed E-state index contributed by atoms with van der Waals surface area (Å²) in [5.41, 5.74) is 1.02. The maximum Gasteiger partial charge on any atom is 0.354 e. The number of aromatic carboxylic acids is 1. The summed E-state index contributed by atoms with van der Waals surface area (Å²) in [6, 6.07) is 6.74. The molecule has 2 rings (SSSR count). The van der Waals surface area contributed by atoms with Gasteiger partial charge in [-0.25, -0.2) is 14.5 Å². The molecule has 2 heterocycles. The lowest BCUT2D eigenvalue weighted by molar-refractivity contribution is 0.0690. The smallest absolute Gasteiger partial charge is 0.354 e. The van der Waals surface area contributed by atoms with Crippen LogP contribution in [0.2, 0.25) is 0 Å². The molecule has 16 heavy (non-hydrogen) atoms. The van der Waals surface area contributed by atoms with E-state index in [1.54, 1.807) is 23.0 Å². The van der Waals surface area contributed by atoms with Crippen LogP contribution in [0, 0.1) is 0 Å². The van der Waals surface area contributed by atoms with Crippen molar-refractivity contribution in [2.24, 2.45) is 0 Å². The molecule has 0 atom stereocenters. The second-order valence-corrected chi connectivity index (χ2v) is 3.27. The second-order valence-electron chi connectivity index (χ2n) is 3.27. The van der Waals surface area contributed by atoms with Crippen LogP contribution in [0.3, 0.4) is 0 Å². The maximum absolute atomic E-state index is 10.8. The second kappa shape index (κ2) is 4.14. The van der Waals surface area contributed by atoms with E-state index >= 15 is 0 Å². The van der Waals surface area contributed by atoms with E-state index in [1.807, 2.05) is 13.0 Å². The lowest BCUT2D eigenvalue weighted by Crippen LogP contribution is -2.07. The Bertz CT molecular complexity index is 519. The Kier molecular flexibility index (Phi) is 2.68. The average molecular weight is 217 g/mol. The number of hydrogen-bond acceptors (Lipinski definition) is 3. The summed E-state index contributed by atoms with van der Waals surface area (Å²) in [6.45, 7) is 2.01. The van der Waals surface area contributed by atoms with Crippen LogP contribution in [0.25, 0.3) is 5.82 Å². The van der Waals surface area contributed by atoms with Crippen molar-refractivity contribution in [3.8, 4) is 5.82 Å². The average Bonchev–Trinajstić information content (AvgIpc) is 2.77. The molecule has 1 N–H and O–H groups in total. The van der Waals surface area contributed by atoms with Gasteiger partial charge in [0.1, 0.15) is 0 Å². The first kappa shape index (κ1) is 10.4. The molecule has 5 heteroatoms. The van der Waals surface area contributed by atoms with E-state index in [4.69, 9.17) is 5.11 Å². The van der Waals surface area contributed by atoms with Gasteiger partial charge in [0.25, 0.3) is 0 Å². The zero-order valence-corrected chi connectivity index (χ0v) is 8.79. The van der Waals surface area contributed by atoms with Crippen molar-refractivity contribution in [1.82, 2.24) is 14.8 Å². The van der Waals surface area contributed by atoms with Gasteiger partial charge in [-0.2, -0.15) is 5.10 Å². The molecule has 0 aliphatic carbocycles. The van der Waals surface area contributed by atoms with Crippen molar-refractivity contribution in [3.63, 3.8) is 0 Å². The quantitative estimate of drug-likeness (QED) is 0.846. The largest absolute Gasteiger partial charge is 0.477 e. The van der Waals surface area contributed by atoms with Crippen LogP contribution in [0.15, 0.2) is 30.5 Å². The lowest BCUT2D eigenvalue weighted by Gasteiger charge is -2.05. The third-order valence-corrected chi connectivity index (χ3v) is 2.25. The number of nitrogens with zero attached hydrogens (tertiary/aromatic N) is 3. The maximum atomic E-state index is 10.8. The summed E-state index contributed by atoms with van der Waals surface area (Å²) in [4.78, 5) is 14.8. The van der Waals surface area contributed by atoms with Gasteiger partial charge in [0.15, 0.2) is 11.5 Å². The van der Waals surface area contributed by atoms with Crippen LogP contribution in [0.4, 0.5) is 0 Å². The van der Waals surface area contributed by atoms with Gasteiger partial charge in [0, 0.05) is 11.9 Å². The minimum absolute atomic E-state index is 0.0232. The Labute approximate surface area is 92.4 Å². The van der Waals surface area contributed by atoms with Gasteiger partial charge in [-0.1, -0.05) is 13.0 Å². The normalized spacial score (nSPS) is 10.3. The van der Waals surface area contributed by atoms with Crippen molar-refractivity contribution in [2.75, 3.05) is 0 Å². The monoisotopic (exact) mass is 217 g/mol. The van der Waals surface area contributed by atoms with Gasteiger partial charge in [-0.3, -0.25) is 0 Å². The number of rotatable bonds is 3. The fourth-order valence-electron chi connectivity index (χ4n) is 1.47. The fourth-order valence-corrected chi connectivity index (χ4v) is 1.47. The van der Waals surface area contributed by atoms with Crippen molar-refractivity contribution < 1.29 is 9.90 Å². The standard InChI is InChI=1S/C11H11N3O2/c1-2-8-6-7-12-14(8)10-5-3-4-9(13-10)11(15)16/h3-7H,2H2,1H3,(H,15,16). The summed E-state index contributed by atoms with van der Waals surface area (Å²) >= 11 is 0. The van der Waals surface area contributed by atoms with Crippen molar-refractivity contribution in [1.29, 1.82) is 0 Å². The predicted molar refractivity (Wildman–Crippen MR) is 57.7 cm³/mol. The van der Waals surface area contributed by atoms with E-state index in [-0.39, 0.29) is 5.69 Å². The third kappa shape index (κ3) is 1.79. The minimum Gasteiger partial charge on any atom is -0.477 e.